The minimum Gasteiger partial charge on any atom is -0.331 e. The van der Waals surface area contributed by atoms with Crippen LogP contribution in [0.1, 0.15) is 56.7 Å². The van der Waals surface area contributed by atoms with Crippen molar-refractivity contribution in [3.63, 3.8) is 0 Å². The Morgan fingerprint density at radius 3 is 2.75 bits per heavy atom. The van der Waals surface area contributed by atoms with Crippen LogP contribution < -0.4 is 5.32 Å². The van der Waals surface area contributed by atoms with Gasteiger partial charge in [0.2, 0.25) is 0 Å². The zero-order chi connectivity index (χ0) is 14.5. The predicted molar refractivity (Wildman–Crippen MR) is 82.8 cm³/mol. The van der Waals surface area contributed by atoms with Gasteiger partial charge in [-0.25, -0.2) is 4.79 Å². The molecule has 20 heavy (non-hydrogen) atoms. The molecule has 3 nitrogen and oxygen atoms in total. The van der Waals surface area contributed by atoms with Crippen LogP contribution >= 0.6 is 0 Å². The van der Waals surface area contributed by atoms with Gasteiger partial charge >= 0.3 is 6.03 Å². The fourth-order valence-electron chi connectivity index (χ4n) is 3.16. The van der Waals surface area contributed by atoms with E-state index in [1.165, 1.54) is 11.1 Å². The lowest BCUT2D eigenvalue weighted by Crippen LogP contribution is -2.45. The standard InChI is InChI=1S/C17H26N2O/c1-4-14(5-2)19(3)17(20)18-16-12-8-10-13-9-6-7-11-15(13)16/h6-7,9,11,14,16H,4-5,8,10,12H2,1-3H3,(H,18,20). The Bertz CT molecular complexity index is 454. The monoisotopic (exact) mass is 274 g/mol. The topological polar surface area (TPSA) is 32.3 Å². The second-order valence-electron chi connectivity index (χ2n) is 5.67. The number of benzene rings is 1. The third-order valence-corrected chi connectivity index (χ3v) is 4.48. The summed E-state index contributed by atoms with van der Waals surface area (Å²) >= 11 is 0. The Balaban J connectivity index is 2.06. The molecule has 3 heteroatoms. The lowest BCUT2D eigenvalue weighted by Gasteiger charge is -2.31. The quantitative estimate of drug-likeness (QED) is 0.887. The van der Waals surface area contributed by atoms with E-state index in [2.05, 4.69) is 43.4 Å². The molecule has 1 aliphatic carbocycles. The highest BCUT2D eigenvalue weighted by molar-refractivity contribution is 5.75. The molecule has 0 aliphatic heterocycles. The van der Waals surface area contributed by atoms with Crippen molar-refractivity contribution < 1.29 is 4.79 Å². The molecule has 1 atom stereocenters. The average molecular weight is 274 g/mol. The smallest absolute Gasteiger partial charge is 0.317 e. The first-order chi connectivity index (χ1) is 9.67. The van der Waals surface area contributed by atoms with Gasteiger partial charge < -0.3 is 10.2 Å². The molecular formula is C17H26N2O. The Hall–Kier alpha value is -1.51. The van der Waals surface area contributed by atoms with Crippen molar-refractivity contribution in [1.29, 1.82) is 0 Å². The van der Waals surface area contributed by atoms with Crippen molar-refractivity contribution in [1.82, 2.24) is 10.2 Å². The van der Waals surface area contributed by atoms with Crippen LogP contribution in [0.25, 0.3) is 0 Å². The molecule has 0 bridgehead atoms. The molecule has 1 N–H and O–H groups in total. The van der Waals surface area contributed by atoms with Crippen LogP contribution in [0, 0.1) is 0 Å². The number of aryl methyl sites for hydroxylation is 1. The van der Waals surface area contributed by atoms with Crippen LogP contribution in [0.3, 0.4) is 0 Å². The van der Waals surface area contributed by atoms with E-state index in [1.54, 1.807) is 0 Å². The highest BCUT2D eigenvalue weighted by Crippen LogP contribution is 2.29. The van der Waals surface area contributed by atoms with Crippen LogP contribution in [0.15, 0.2) is 24.3 Å². The molecule has 0 radical (unpaired) electrons. The van der Waals surface area contributed by atoms with E-state index < -0.39 is 0 Å². The molecule has 0 spiro atoms. The maximum atomic E-state index is 12.4. The third-order valence-electron chi connectivity index (χ3n) is 4.48. The number of nitrogens with one attached hydrogen (secondary N) is 1. The van der Waals surface area contributed by atoms with Crippen molar-refractivity contribution in [2.75, 3.05) is 7.05 Å². The number of carbonyl (C=O) groups excluding carboxylic acids is 1. The summed E-state index contributed by atoms with van der Waals surface area (Å²) in [5.74, 6) is 0. The second-order valence-corrected chi connectivity index (χ2v) is 5.67. The van der Waals surface area contributed by atoms with Crippen molar-refractivity contribution >= 4 is 6.03 Å². The Morgan fingerprint density at radius 2 is 2.05 bits per heavy atom. The van der Waals surface area contributed by atoms with Crippen LogP contribution in [0.5, 0.6) is 0 Å². The van der Waals surface area contributed by atoms with Crippen molar-refractivity contribution in [2.45, 2.75) is 58.0 Å². The van der Waals surface area contributed by atoms with E-state index in [0.717, 1.165) is 32.1 Å². The first kappa shape index (κ1) is 14.9. The second kappa shape index (κ2) is 6.78. The molecule has 1 aliphatic rings. The zero-order valence-corrected chi connectivity index (χ0v) is 12.9. The number of carbonyl (C=O) groups is 1. The summed E-state index contributed by atoms with van der Waals surface area (Å²) in [6.07, 6.45) is 5.32. The van der Waals surface area contributed by atoms with Gasteiger partial charge in [-0.05, 0) is 43.2 Å². The summed E-state index contributed by atoms with van der Waals surface area (Å²) in [7, 11) is 1.90. The van der Waals surface area contributed by atoms with E-state index in [1.807, 2.05) is 11.9 Å². The number of rotatable bonds is 4. The highest BCUT2D eigenvalue weighted by atomic mass is 16.2. The Kier molecular flexibility index (Phi) is 5.05. The lowest BCUT2D eigenvalue weighted by atomic mass is 9.88. The summed E-state index contributed by atoms with van der Waals surface area (Å²) in [6.45, 7) is 4.27. The van der Waals surface area contributed by atoms with E-state index in [4.69, 9.17) is 0 Å². The molecule has 2 amide bonds. The predicted octanol–water partition coefficient (Wildman–Crippen LogP) is 3.89. The third kappa shape index (κ3) is 3.14. The van der Waals surface area contributed by atoms with Gasteiger partial charge in [0.1, 0.15) is 0 Å². The molecule has 0 aromatic heterocycles. The lowest BCUT2D eigenvalue weighted by molar-refractivity contribution is 0.181. The van der Waals surface area contributed by atoms with Gasteiger partial charge in [0.15, 0.2) is 0 Å². The maximum absolute atomic E-state index is 12.4. The molecule has 1 unspecified atom stereocenters. The summed E-state index contributed by atoms with van der Waals surface area (Å²) in [5, 5.41) is 3.21. The molecule has 1 aromatic carbocycles. The largest absolute Gasteiger partial charge is 0.331 e. The molecule has 2 rings (SSSR count). The summed E-state index contributed by atoms with van der Waals surface area (Å²) in [6, 6.07) is 9.03. The summed E-state index contributed by atoms with van der Waals surface area (Å²) < 4.78 is 0. The first-order valence-electron chi connectivity index (χ1n) is 7.78. The van der Waals surface area contributed by atoms with Crippen molar-refractivity contribution in [3.05, 3.63) is 35.4 Å². The number of nitrogens with zero attached hydrogens (tertiary/aromatic N) is 1. The van der Waals surface area contributed by atoms with Gasteiger partial charge in [-0.15, -0.1) is 0 Å². The first-order valence-corrected chi connectivity index (χ1v) is 7.78. The van der Waals surface area contributed by atoms with Gasteiger partial charge in [-0.1, -0.05) is 38.1 Å². The number of fused-ring (bicyclic) bond motifs is 1. The van der Waals surface area contributed by atoms with Gasteiger partial charge in [0.25, 0.3) is 0 Å². The van der Waals surface area contributed by atoms with Crippen LogP contribution in [0.4, 0.5) is 4.79 Å². The van der Waals surface area contributed by atoms with Gasteiger partial charge in [-0.3, -0.25) is 0 Å². The minimum atomic E-state index is 0.0559. The van der Waals surface area contributed by atoms with Crippen molar-refractivity contribution in [3.8, 4) is 0 Å². The fourth-order valence-corrected chi connectivity index (χ4v) is 3.16. The Labute approximate surface area is 122 Å². The Morgan fingerprint density at radius 1 is 1.35 bits per heavy atom. The molecule has 0 saturated heterocycles. The van der Waals surface area contributed by atoms with Gasteiger partial charge in [0.05, 0.1) is 6.04 Å². The highest BCUT2D eigenvalue weighted by Gasteiger charge is 2.24. The molecule has 1 aromatic rings. The molecule has 0 saturated carbocycles. The summed E-state index contributed by atoms with van der Waals surface area (Å²) in [5.41, 5.74) is 2.68. The van der Waals surface area contributed by atoms with E-state index in [9.17, 15) is 4.79 Å². The number of amides is 2. The summed E-state index contributed by atoms with van der Waals surface area (Å²) in [4.78, 5) is 14.3. The maximum Gasteiger partial charge on any atom is 0.317 e. The van der Waals surface area contributed by atoms with E-state index >= 15 is 0 Å². The average Bonchev–Trinajstić information content (AvgIpc) is 2.48. The van der Waals surface area contributed by atoms with E-state index in [-0.39, 0.29) is 12.1 Å². The fraction of sp³-hybridized carbons (Fsp3) is 0.588. The van der Waals surface area contributed by atoms with Crippen LogP contribution in [0.2, 0.25) is 0 Å². The number of hydrogen-bond acceptors (Lipinski definition) is 1. The molecule has 0 fully saturated rings. The van der Waals surface area contributed by atoms with E-state index in [0.29, 0.717) is 6.04 Å². The van der Waals surface area contributed by atoms with Crippen LogP contribution in [-0.4, -0.2) is 24.0 Å². The molecule has 0 heterocycles. The minimum absolute atomic E-state index is 0.0559. The number of hydrogen-bond donors (Lipinski definition) is 1. The van der Waals surface area contributed by atoms with Gasteiger partial charge in [-0.2, -0.15) is 0 Å². The molecule has 110 valence electrons. The number of urea groups is 1. The normalized spacial score (nSPS) is 17.7. The van der Waals surface area contributed by atoms with Gasteiger partial charge in [0, 0.05) is 13.1 Å². The van der Waals surface area contributed by atoms with Crippen LogP contribution in [-0.2, 0) is 6.42 Å². The SMILES string of the molecule is CCC(CC)N(C)C(=O)NC1CCCc2ccccc21. The zero-order valence-electron chi connectivity index (χ0n) is 12.9. The van der Waals surface area contributed by atoms with Crippen molar-refractivity contribution in [2.24, 2.45) is 0 Å². The molecular weight excluding hydrogens is 248 g/mol.